The van der Waals surface area contributed by atoms with Crippen LogP contribution in [0.25, 0.3) is 0 Å². The van der Waals surface area contributed by atoms with Gasteiger partial charge in [0, 0.05) is 26.1 Å². The third-order valence-electron chi connectivity index (χ3n) is 6.99. The molecule has 0 aromatic rings. The predicted octanol–water partition coefficient (Wildman–Crippen LogP) is 4.95. The lowest BCUT2D eigenvalue weighted by Crippen LogP contribution is -2.48. The normalized spacial score (nSPS) is 23.6. The molecule has 25 heavy (non-hydrogen) atoms. The highest BCUT2D eigenvalue weighted by atomic mass is 16.2. The molecule has 1 amide bonds. The minimum absolute atomic E-state index is 0.404. The Bertz CT molecular complexity index is 391. The third kappa shape index (κ3) is 6.27. The van der Waals surface area contributed by atoms with Gasteiger partial charge in [-0.1, -0.05) is 40.5 Å². The monoisotopic (exact) mass is 350 g/mol. The summed E-state index contributed by atoms with van der Waals surface area (Å²) in [7, 11) is 0. The summed E-state index contributed by atoms with van der Waals surface area (Å²) in [6.07, 6.45) is 10.8. The summed E-state index contributed by atoms with van der Waals surface area (Å²) >= 11 is 0. The maximum atomic E-state index is 12.4. The summed E-state index contributed by atoms with van der Waals surface area (Å²) in [5, 5.41) is 0. The van der Waals surface area contributed by atoms with Crippen molar-refractivity contribution < 1.29 is 4.79 Å². The van der Waals surface area contributed by atoms with Crippen LogP contribution in [0.1, 0.15) is 85.5 Å². The van der Waals surface area contributed by atoms with Crippen molar-refractivity contribution in [3.05, 3.63) is 0 Å². The van der Waals surface area contributed by atoms with E-state index in [1.165, 1.54) is 64.6 Å². The Balaban J connectivity index is 1.70. The molecular weight excluding hydrogens is 308 g/mol. The minimum atomic E-state index is 0.404. The van der Waals surface area contributed by atoms with Crippen LogP contribution in [0.5, 0.6) is 0 Å². The van der Waals surface area contributed by atoms with Gasteiger partial charge in [-0.2, -0.15) is 0 Å². The van der Waals surface area contributed by atoms with Crippen molar-refractivity contribution in [2.24, 2.45) is 17.3 Å². The van der Waals surface area contributed by atoms with Crippen molar-refractivity contribution in [3.63, 3.8) is 0 Å². The van der Waals surface area contributed by atoms with Gasteiger partial charge >= 0.3 is 0 Å². The summed E-state index contributed by atoms with van der Waals surface area (Å²) in [5.41, 5.74) is 0.540. The Labute approximate surface area is 156 Å². The maximum Gasteiger partial charge on any atom is 0.222 e. The first-order valence-electron chi connectivity index (χ1n) is 11.0. The van der Waals surface area contributed by atoms with Crippen molar-refractivity contribution in [1.82, 2.24) is 9.80 Å². The van der Waals surface area contributed by atoms with Gasteiger partial charge in [-0.25, -0.2) is 0 Å². The summed E-state index contributed by atoms with van der Waals surface area (Å²) in [6.45, 7) is 15.0. The molecule has 2 heterocycles. The Morgan fingerprint density at radius 2 is 1.52 bits per heavy atom. The van der Waals surface area contributed by atoms with Crippen LogP contribution in [0.15, 0.2) is 0 Å². The topological polar surface area (TPSA) is 23.6 Å². The first-order chi connectivity index (χ1) is 12.0. The lowest BCUT2D eigenvalue weighted by Gasteiger charge is -2.47. The Morgan fingerprint density at radius 3 is 2.08 bits per heavy atom. The standard InChI is InChI=1S/C22H42N2O/c1-5-7-20(4)18-23-14-10-22(11-15-23)12-16-24(17-13-22)21(25)9-8-19(3)6-2/h19-20H,5-18H2,1-4H3. The minimum Gasteiger partial charge on any atom is -0.343 e. The van der Waals surface area contributed by atoms with Crippen molar-refractivity contribution >= 4 is 5.91 Å². The number of carbonyl (C=O) groups excluding carboxylic acids is 1. The molecular formula is C22H42N2O. The zero-order chi connectivity index (χ0) is 18.3. The molecule has 2 unspecified atom stereocenters. The first kappa shape index (κ1) is 20.7. The number of rotatable bonds is 8. The number of piperidine rings is 2. The zero-order valence-electron chi connectivity index (χ0n) is 17.4. The van der Waals surface area contributed by atoms with Gasteiger partial charge in [-0.05, 0) is 68.9 Å². The first-order valence-corrected chi connectivity index (χ1v) is 11.0. The third-order valence-corrected chi connectivity index (χ3v) is 6.99. The molecule has 0 aromatic heterocycles. The predicted molar refractivity (Wildman–Crippen MR) is 107 cm³/mol. The molecule has 3 heteroatoms. The number of carbonyl (C=O) groups is 1. The van der Waals surface area contributed by atoms with Crippen molar-refractivity contribution in [2.75, 3.05) is 32.7 Å². The number of hydrogen-bond donors (Lipinski definition) is 0. The van der Waals surface area contributed by atoms with E-state index >= 15 is 0 Å². The summed E-state index contributed by atoms with van der Waals surface area (Å²) in [5.74, 6) is 1.92. The van der Waals surface area contributed by atoms with Gasteiger partial charge in [-0.15, -0.1) is 0 Å². The van der Waals surface area contributed by atoms with E-state index in [1.807, 2.05) is 0 Å². The van der Waals surface area contributed by atoms with E-state index in [4.69, 9.17) is 0 Å². The molecule has 0 bridgehead atoms. The van der Waals surface area contributed by atoms with Crippen LogP contribution in [-0.4, -0.2) is 48.4 Å². The summed E-state index contributed by atoms with van der Waals surface area (Å²) < 4.78 is 0. The fourth-order valence-electron chi connectivity index (χ4n) is 4.70. The van der Waals surface area contributed by atoms with E-state index in [0.717, 1.165) is 31.8 Å². The molecule has 0 aliphatic carbocycles. The van der Waals surface area contributed by atoms with E-state index in [-0.39, 0.29) is 0 Å². The van der Waals surface area contributed by atoms with Gasteiger partial charge in [0.15, 0.2) is 0 Å². The van der Waals surface area contributed by atoms with Gasteiger partial charge in [0.05, 0.1) is 0 Å². The molecule has 2 aliphatic rings. The summed E-state index contributed by atoms with van der Waals surface area (Å²) in [4.78, 5) is 17.3. The van der Waals surface area contributed by atoms with Crippen LogP contribution in [0.3, 0.4) is 0 Å². The number of hydrogen-bond acceptors (Lipinski definition) is 2. The molecule has 1 spiro atoms. The Kier molecular flexibility index (Phi) is 8.25. The summed E-state index contributed by atoms with van der Waals surface area (Å²) in [6, 6.07) is 0. The Hall–Kier alpha value is -0.570. The fraction of sp³-hybridized carbons (Fsp3) is 0.955. The molecule has 2 aliphatic heterocycles. The second kappa shape index (κ2) is 9.94. The molecule has 2 rings (SSSR count). The van der Waals surface area contributed by atoms with Crippen molar-refractivity contribution in [2.45, 2.75) is 85.5 Å². The van der Waals surface area contributed by atoms with Crippen LogP contribution in [-0.2, 0) is 4.79 Å². The van der Waals surface area contributed by atoms with Gasteiger partial charge < -0.3 is 9.80 Å². The van der Waals surface area contributed by atoms with Gasteiger partial charge in [0.1, 0.15) is 0 Å². The van der Waals surface area contributed by atoms with E-state index in [9.17, 15) is 4.79 Å². The second-order valence-electron chi connectivity index (χ2n) is 9.13. The van der Waals surface area contributed by atoms with Gasteiger partial charge in [-0.3, -0.25) is 4.79 Å². The molecule has 0 saturated carbocycles. The highest BCUT2D eigenvalue weighted by molar-refractivity contribution is 5.76. The molecule has 2 atom stereocenters. The van der Waals surface area contributed by atoms with E-state index in [2.05, 4.69) is 37.5 Å². The van der Waals surface area contributed by atoms with Crippen molar-refractivity contribution in [1.29, 1.82) is 0 Å². The van der Waals surface area contributed by atoms with Crippen molar-refractivity contribution in [3.8, 4) is 0 Å². The van der Waals surface area contributed by atoms with E-state index in [1.54, 1.807) is 0 Å². The van der Waals surface area contributed by atoms with E-state index in [0.29, 0.717) is 17.2 Å². The van der Waals surface area contributed by atoms with Crippen LogP contribution >= 0.6 is 0 Å². The maximum absolute atomic E-state index is 12.4. The Morgan fingerprint density at radius 1 is 0.920 bits per heavy atom. The lowest BCUT2D eigenvalue weighted by molar-refractivity contribution is -0.134. The largest absolute Gasteiger partial charge is 0.343 e. The zero-order valence-corrected chi connectivity index (χ0v) is 17.4. The smallest absolute Gasteiger partial charge is 0.222 e. The van der Waals surface area contributed by atoms with Gasteiger partial charge in [0.25, 0.3) is 0 Å². The number of likely N-dealkylation sites (tertiary alicyclic amines) is 2. The molecule has 0 aromatic carbocycles. The van der Waals surface area contributed by atoms with Crippen LogP contribution in [0.2, 0.25) is 0 Å². The number of nitrogens with zero attached hydrogens (tertiary/aromatic N) is 2. The quantitative estimate of drug-likeness (QED) is 0.618. The van der Waals surface area contributed by atoms with Crippen LogP contribution < -0.4 is 0 Å². The molecule has 3 nitrogen and oxygen atoms in total. The SMILES string of the molecule is CCCC(C)CN1CCC2(CC1)CCN(C(=O)CCC(C)CC)CC2. The molecule has 146 valence electrons. The van der Waals surface area contributed by atoms with Gasteiger partial charge in [0.2, 0.25) is 5.91 Å². The number of amides is 1. The second-order valence-corrected chi connectivity index (χ2v) is 9.13. The average Bonchev–Trinajstić information content (AvgIpc) is 2.62. The highest BCUT2D eigenvalue weighted by Gasteiger charge is 2.38. The molecule has 2 fully saturated rings. The average molecular weight is 351 g/mol. The molecule has 0 radical (unpaired) electrons. The van der Waals surface area contributed by atoms with E-state index < -0.39 is 0 Å². The molecule has 2 saturated heterocycles. The van der Waals surface area contributed by atoms with Crippen LogP contribution in [0, 0.1) is 17.3 Å². The fourth-order valence-corrected chi connectivity index (χ4v) is 4.70. The highest BCUT2D eigenvalue weighted by Crippen LogP contribution is 2.41. The lowest BCUT2D eigenvalue weighted by atomic mass is 9.71. The molecule has 0 N–H and O–H groups in total. The van der Waals surface area contributed by atoms with Crippen LogP contribution in [0.4, 0.5) is 0 Å².